The van der Waals surface area contributed by atoms with E-state index in [0.29, 0.717) is 22.5 Å². The van der Waals surface area contributed by atoms with Crippen molar-refractivity contribution in [2.45, 2.75) is 20.5 Å². The summed E-state index contributed by atoms with van der Waals surface area (Å²) in [5, 5.41) is 2.64. The summed E-state index contributed by atoms with van der Waals surface area (Å²) >= 11 is 0. The average Bonchev–Trinajstić information content (AvgIpc) is 2.73. The number of carbonyl (C=O) groups excluding carboxylic acids is 1. The Labute approximate surface area is 167 Å². The standard InChI is InChI=1S/C24H20O5/c1-14-8-9-19-18(12-22(25)29-23(19)15(14)2)13-28-24(26)20-10-16-6-4-5-7-17(16)11-21(20)27-3/h4-12H,13H2,1-3H3. The lowest BCUT2D eigenvalue weighted by molar-refractivity contribution is 0.0470. The first-order valence-corrected chi connectivity index (χ1v) is 9.25. The van der Waals surface area contributed by atoms with Gasteiger partial charge in [0.1, 0.15) is 23.5 Å². The lowest BCUT2D eigenvalue weighted by Gasteiger charge is -2.12. The molecule has 0 atom stereocenters. The summed E-state index contributed by atoms with van der Waals surface area (Å²) < 4.78 is 16.3. The summed E-state index contributed by atoms with van der Waals surface area (Å²) in [6.45, 7) is 3.81. The van der Waals surface area contributed by atoms with Gasteiger partial charge in [-0.05, 0) is 47.9 Å². The van der Waals surface area contributed by atoms with Crippen LogP contribution in [-0.4, -0.2) is 13.1 Å². The predicted octanol–water partition coefficient (Wildman–Crippen LogP) is 4.93. The van der Waals surface area contributed by atoms with Crippen LogP contribution in [0.25, 0.3) is 21.7 Å². The molecule has 29 heavy (non-hydrogen) atoms. The van der Waals surface area contributed by atoms with Gasteiger partial charge in [-0.3, -0.25) is 0 Å². The van der Waals surface area contributed by atoms with Crippen LogP contribution in [0.15, 0.2) is 63.8 Å². The third-order valence-corrected chi connectivity index (χ3v) is 5.16. The summed E-state index contributed by atoms with van der Waals surface area (Å²) in [5.74, 6) is -0.0737. The number of ether oxygens (including phenoxy) is 2. The molecule has 5 heteroatoms. The molecule has 1 aromatic heterocycles. The molecule has 5 nitrogen and oxygen atoms in total. The first-order chi connectivity index (χ1) is 14.0. The molecule has 4 rings (SSSR count). The minimum Gasteiger partial charge on any atom is -0.496 e. The lowest BCUT2D eigenvalue weighted by Crippen LogP contribution is -2.09. The van der Waals surface area contributed by atoms with Gasteiger partial charge in [-0.2, -0.15) is 0 Å². The van der Waals surface area contributed by atoms with E-state index in [0.717, 1.165) is 27.3 Å². The number of hydrogen-bond donors (Lipinski definition) is 0. The van der Waals surface area contributed by atoms with Crippen molar-refractivity contribution in [1.29, 1.82) is 0 Å². The zero-order chi connectivity index (χ0) is 20.5. The first kappa shape index (κ1) is 18.7. The molecule has 0 N–H and O–H groups in total. The number of hydrogen-bond acceptors (Lipinski definition) is 5. The molecule has 0 unspecified atom stereocenters. The van der Waals surface area contributed by atoms with Crippen molar-refractivity contribution in [3.8, 4) is 5.75 Å². The molecule has 0 bridgehead atoms. The molecule has 0 fully saturated rings. The molecule has 0 aliphatic rings. The molecule has 0 spiro atoms. The second kappa shape index (κ2) is 7.43. The Kier molecular flexibility index (Phi) is 4.80. The van der Waals surface area contributed by atoms with Crippen LogP contribution in [0.1, 0.15) is 27.0 Å². The van der Waals surface area contributed by atoms with Gasteiger partial charge in [0.2, 0.25) is 0 Å². The molecule has 0 aliphatic carbocycles. The van der Waals surface area contributed by atoms with Crippen molar-refractivity contribution >= 4 is 27.7 Å². The predicted molar refractivity (Wildman–Crippen MR) is 112 cm³/mol. The molecular weight excluding hydrogens is 368 g/mol. The highest BCUT2D eigenvalue weighted by Gasteiger charge is 2.17. The number of rotatable bonds is 4. The highest BCUT2D eigenvalue weighted by molar-refractivity contribution is 5.98. The Bertz CT molecular complexity index is 1300. The van der Waals surface area contributed by atoms with Gasteiger partial charge in [0.25, 0.3) is 0 Å². The van der Waals surface area contributed by atoms with Crippen molar-refractivity contribution in [2.75, 3.05) is 7.11 Å². The Morgan fingerprint density at radius 1 is 1.00 bits per heavy atom. The Morgan fingerprint density at radius 3 is 2.45 bits per heavy atom. The average molecular weight is 388 g/mol. The summed E-state index contributed by atoms with van der Waals surface area (Å²) in [6, 6.07) is 16.5. The van der Waals surface area contributed by atoms with Crippen LogP contribution in [0.2, 0.25) is 0 Å². The minimum atomic E-state index is -0.516. The monoisotopic (exact) mass is 388 g/mol. The fourth-order valence-electron chi connectivity index (χ4n) is 3.41. The van der Waals surface area contributed by atoms with E-state index in [1.165, 1.54) is 13.2 Å². The van der Waals surface area contributed by atoms with E-state index >= 15 is 0 Å². The maximum absolute atomic E-state index is 12.8. The van der Waals surface area contributed by atoms with E-state index in [4.69, 9.17) is 13.9 Å². The second-order valence-electron chi connectivity index (χ2n) is 6.95. The normalized spacial score (nSPS) is 11.0. The fourth-order valence-corrected chi connectivity index (χ4v) is 3.41. The summed E-state index contributed by atoms with van der Waals surface area (Å²) in [4.78, 5) is 24.8. The minimum absolute atomic E-state index is 0.0422. The molecule has 146 valence electrons. The summed E-state index contributed by atoms with van der Waals surface area (Å²) in [6.07, 6.45) is 0. The van der Waals surface area contributed by atoms with Crippen LogP contribution < -0.4 is 10.4 Å². The molecule has 0 saturated heterocycles. The SMILES string of the molecule is COc1cc2ccccc2cc1C(=O)OCc1cc(=O)oc2c(C)c(C)ccc12. The van der Waals surface area contributed by atoms with Crippen molar-refractivity contribution < 1.29 is 18.7 Å². The van der Waals surface area contributed by atoms with E-state index in [-0.39, 0.29) is 6.61 Å². The largest absolute Gasteiger partial charge is 0.496 e. The molecule has 1 heterocycles. The van der Waals surface area contributed by atoms with Crippen LogP contribution in [0.5, 0.6) is 5.75 Å². The van der Waals surface area contributed by atoms with Gasteiger partial charge in [-0.1, -0.05) is 36.4 Å². The van der Waals surface area contributed by atoms with Crippen LogP contribution in [0.3, 0.4) is 0 Å². The molecular formula is C24H20O5. The zero-order valence-electron chi connectivity index (χ0n) is 16.4. The molecule has 0 aliphatic heterocycles. The van der Waals surface area contributed by atoms with E-state index < -0.39 is 11.6 Å². The van der Waals surface area contributed by atoms with Gasteiger partial charge in [0, 0.05) is 17.0 Å². The van der Waals surface area contributed by atoms with Gasteiger partial charge in [-0.25, -0.2) is 9.59 Å². The topological polar surface area (TPSA) is 65.7 Å². The first-order valence-electron chi connectivity index (χ1n) is 9.25. The van der Waals surface area contributed by atoms with Crippen LogP contribution in [0, 0.1) is 13.8 Å². The van der Waals surface area contributed by atoms with Crippen molar-refractivity contribution in [3.63, 3.8) is 0 Å². The van der Waals surface area contributed by atoms with Gasteiger partial charge >= 0.3 is 11.6 Å². The number of esters is 1. The maximum Gasteiger partial charge on any atom is 0.342 e. The summed E-state index contributed by atoms with van der Waals surface area (Å²) in [7, 11) is 1.52. The van der Waals surface area contributed by atoms with Gasteiger partial charge in [-0.15, -0.1) is 0 Å². The van der Waals surface area contributed by atoms with E-state index in [1.54, 1.807) is 6.07 Å². The van der Waals surface area contributed by atoms with E-state index in [9.17, 15) is 9.59 Å². The number of carbonyl (C=O) groups is 1. The third kappa shape index (κ3) is 3.47. The van der Waals surface area contributed by atoms with Crippen molar-refractivity contribution in [1.82, 2.24) is 0 Å². The number of fused-ring (bicyclic) bond motifs is 2. The van der Waals surface area contributed by atoms with Crippen molar-refractivity contribution in [3.05, 3.63) is 87.3 Å². The number of methoxy groups -OCH3 is 1. The zero-order valence-corrected chi connectivity index (χ0v) is 16.4. The highest BCUT2D eigenvalue weighted by atomic mass is 16.5. The Morgan fingerprint density at radius 2 is 1.72 bits per heavy atom. The smallest absolute Gasteiger partial charge is 0.342 e. The maximum atomic E-state index is 12.8. The summed E-state index contributed by atoms with van der Waals surface area (Å²) in [5.41, 5.74) is 2.91. The van der Waals surface area contributed by atoms with Crippen LogP contribution in [-0.2, 0) is 11.3 Å². The van der Waals surface area contributed by atoms with E-state index in [1.807, 2.05) is 56.3 Å². The molecule has 3 aromatic carbocycles. The molecule has 4 aromatic rings. The highest BCUT2D eigenvalue weighted by Crippen LogP contribution is 2.28. The van der Waals surface area contributed by atoms with Crippen LogP contribution >= 0.6 is 0 Å². The Balaban J connectivity index is 1.68. The van der Waals surface area contributed by atoms with Crippen molar-refractivity contribution in [2.24, 2.45) is 0 Å². The van der Waals surface area contributed by atoms with Crippen LogP contribution in [0.4, 0.5) is 0 Å². The van der Waals surface area contributed by atoms with Gasteiger partial charge < -0.3 is 13.9 Å². The number of aryl methyl sites for hydroxylation is 2. The Hall–Kier alpha value is -3.60. The van der Waals surface area contributed by atoms with Gasteiger partial charge in [0.15, 0.2) is 0 Å². The third-order valence-electron chi connectivity index (χ3n) is 5.16. The quantitative estimate of drug-likeness (QED) is 0.366. The molecule has 0 saturated carbocycles. The fraction of sp³-hybridized carbons (Fsp3) is 0.167. The lowest BCUT2D eigenvalue weighted by atomic mass is 10.0. The molecule has 0 radical (unpaired) electrons. The van der Waals surface area contributed by atoms with Gasteiger partial charge in [0.05, 0.1) is 7.11 Å². The molecule has 0 amide bonds. The second-order valence-corrected chi connectivity index (χ2v) is 6.95. The number of benzene rings is 3. The van der Waals surface area contributed by atoms with E-state index in [2.05, 4.69) is 0 Å².